The maximum Gasteiger partial charge on any atom is 0.273 e. The van der Waals surface area contributed by atoms with Gasteiger partial charge in [-0.15, -0.1) is 10.2 Å². The maximum atomic E-state index is 13.0. The number of nitro benzene ring substituents is 1. The van der Waals surface area contributed by atoms with Gasteiger partial charge in [0.05, 0.1) is 28.7 Å². The molecule has 0 bridgehead atoms. The highest BCUT2D eigenvalue weighted by atomic mass is 35.7. The topological polar surface area (TPSA) is 144 Å². The van der Waals surface area contributed by atoms with Gasteiger partial charge in [-0.25, -0.2) is 8.42 Å². The number of azo groups is 1. The van der Waals surface area contributed by atoms with Crippen LogP contribution in [0.5, 0.6) is 5.75 Å². The van der Waals surface area contributed by atoms with Gasteiger partial charge in [0.2, 0.25) is 0 Å². The molecule has 37 heavy (non-hydrogen) atoms. The normalized spacial score (nSPS) is 11.4. The lowest BCUT2D eigenvalue weighted by molar-refractivity contribution is -0.384. The van der Waals surface area contributed by atoms with Crippen molar-refractivity contribution in [3.8, 4) is 5.75 Å². The number of halogens is 1. The minimum absolute atomic E-state index is 0.0786. The van der Waals surface area contributed by atoms with Crippen LogP contribution in [0.2, 0.25) is 0 Å². The van der Waals surface area contributed by atoms with Crippen molar-refractivity contribution in [3.63, 3.8) is 0 Å². The van der Waals surface area contributed by atoms with Gasteiger partial charge in [-0.1, -0.05) is 6.07 Å². The largest absolute Gasteiger partial charge is 0.494 e. The Balaban J connectivity index is 2.02. The SMILES string of the molecule is CCN(CC)c1ccc(/N=N/c2ccc([N+](=O)[O-])cc2OC)c(NC(=O)c2cccc(S(=O)(=O)Cl)c2)c1. The van der Waals surface area contributed by atoms with E-state index in [9.17, 15) is 23.3 Å². The molecule has 0 radical (unpaired) electrons. The van der Waals surface area contributed by atoms with Crippen LogP contribution in [0.4, 0.5) is 28.4 Å². The van der Waals surface area contributed by atoms with Crippen molar-refractivity contribution in [3.05, 3.63) is 76.3 Å². The van der Waals surface area contributed by atoms with Crippen molar-refractivity contribution in [2.75, 3.05) is 30.4 Å². The van der Waals surface area contributed by atoms with Crippen molar-refractivity contribution >= 4 is 54.1 Å². The predicted octanol–water partition coefficient (Wildman–Crippen LogP) is 6.04. The van der Waals surface area contributed by atoms with Crippen molar-refractivity contribution < 1.29 is 22.9 Å². The molecule has 0 aliphatic rings. The van der Waals surface area contributed by atoms with E-state index in [4.69, 9.17) is 15.4 Å². The number of anilines is 2. The number of carbonyl (C=O) groups is 1. The van der Waals surface area contributed by atoms with Crippen LogP contribution in [0.3, 0.4) is 0 Å². The van der Waals surface area contributed by atoms with Crippen LogP contribution in [-0.4, -0.2) is 39.4 Å². The Morgan fingerprint density at radius 1 is 1.05 bits per heavy atom. The molecule has 11 nitrogen and oxygen atoms in total. The van der Waals surface area contributed by atoms with Gasteiger partial charge in [0.1, 0.15) is 11.4 Å². The highest BCUT2D eigenvalue weighted by Gasteiger charge is 2.16. The Kier molecular flexibility index (Phi) is 8.79. The first-order valence-corrected chi connectivity index (χ1v) is 13.4. The minimum atomic E-state index is -4.02. The van der Waals surface area contributed by atoms with Crippen molar-refractivity contribution in [2.45, 2.75) is 18.7 Å². The lowest BCUT2D eigenvalue weighted by Gasteiger charge is -2.22. The van der Waals surface area contributed by atoms with Gasteiger partial charge in [-0.2, -0.15) is 0 Å². The van der Waals surface area contributed by atoms with Gasteiger partial charge in [0.25, 0.3) is 20.6 Å². The van der Waals surface area contributed by atoms with E-state index in [-0.39, 0.29) is 27.6 Å². The van der Waals surface area contributed by atoms with Crippen molar-refractivity contribution in [2.24, 2.45) is 10.2 Å². The molecular weight excluding hydrogens is 522 g/mol. The number of amides is 1. The summed E-state index contributed by atoms with van der Waals surface area (Å²) >= 11 is 0. The Hall–Kier alpha value is -4.03. The number of nitrogens with one attached hydrogen (secondary N) is 1. The standard InChI is InChI=1S/C24H24ClN5O6S/c1-4-29(5-2)17-9-11-20(27-28-21-12-10-18(30(32)33)15-23(21)36-3)22(14-17)26-24(31)16-7-6-8-19(13-16)37(25,34)35/h6-15H,4-5H2,1-3H3,(H,26,31)/b28-27+. The van der Waals surface area contributed by atoms with Gasteiger partial charge < -0.3 is 15.0 Å². The van der Waals surface area contributed by atoms with E-state index in [1.54, 1.807) is 12.1 Å². The zero-order chi connectivity index (χ0) is 27.2. The number of methoxy groups -OCH3 is 1. The first-order valence-electron chi connectivity index (χ1n) is 11.1. The number of benzene rings is 3. The molecule has 194 valence electrons. The van der Waals surface area contributed by atoms with E-state index in [0.717, 1.165) is 18.8 Å². The van der Waals surface area contributed by atoms with Crippen LogP contribution in [0, 0.1) is 10.1 Å². The number of hydrogen-bond acceptors (Lipinski definition) is 9. The maximum absolute atomic E-state index is 13.0. The highest BCUT2D eigenvalue weighted by molar-refractivity contribution is 8.13. The predicted molar refractivity (Wildman–Crippen MR) is 141 cm³/mol. The van der Waals surface area contributed by atoms with E-state index in [0.29, 0.717) is 11.4 Å². The van der Waals surface area contributed by atoms with Crippen molar-refractivity contribution in [1.29, 1.82) is 0 Å². The Labute approximate surface area is 218 Å². The summed E-state index contributed by atoms with van der Waals surface area (Å²) in [4.78, 5) is 25.4. The third-order valence-electron chi connectivity index (χ3n) is 5.37. The Morgan fingerprint density at radius 3 is 2.35 bits per heavy atom. The second kappa shape index (κ2) is 11.8. The van der Waals surface area contributed by atoms with Crippen LogP contribution < -0.4 is 15.0 Å². The average Bonchev–Trinajstić information content (AvgIpc) is 2.88. The van der Waals surface area contributed by atoms with Crippen molar-refractivity contribution in [1.82, 2.24) is 0 Å². The first-order chi connectivity index (χ1) is 17.6. The molecule has 0 aliphatic carbocycles. The van der Waals surface area contributed by atoms with Crippen LogP contribution in [-0.2, 0) is 9.05 Å². The fraction of sp³-hybridized carbons (Fsp3) is 0.208. The first kappa shape index (κ1) is 27.6. The molecule has 0 atom stereocenters. The van der Waals surface area contributed by atoms with Gasteiger partial charge in [-0.3, -0.25) is 14.9 Å². The molecule has 0 saturated carbocycles. The summed E-state index contributed by atoms with van der Waals surface area (Å²) in [5.74, 6) is -0.425. The molecule has 3 aromatic carbocycles. The summed E-state index contributed by atoms with van der Waals surface area (Å²) in [6.45, 7) is 5.43. The molecule has 3 rings (SSSR count). The molecular formula is C24H24ClN5O6S. The van der Waals surface area contributed by atoms with E-state index in [2.05, 4.69) is 20.4 Å². The molecule has 3 aromatic rings. The number of nitrogens with zero attached hydrogens (tertiary/aromatic N) is 4. The highest BCUT2D eigenvalue weighted by Crippen LogP contribution is 2.36. The fourth-order valence-electron chi connectivity index (χ4n) is 3.45. The van der Waals surface area contributed by atoms with E-state index >= 15 is 0 Å². The summed E-state index contributed by atoms with van der Waals surface area (Å²) in [5, 5.41) is 22.2. The third-order valence-corrected chi connectivity index (χ3v) is 6.73. The quantitative estimate of drug-likeness (QED) is 0.141. The summed E-state index contributed by atoms with van der Waals surface area (Å²) in [6.07, 6.45) is 0. The van der Waals surface area contributed by atoms with Crippen LogP contribution in [0.25, 0.3) is 0 Å². The summed E-state index contributed by atoms with van der Waals surface area (Å²) < 4.78 is 28.6. The molecule has 0 heterocycles. The number of rotatable bonds is 10. The fourth-order valence-corrected chi connectivity index (χ4v) is 4.25. The molecule has 0 spiro atoms. The molecule has 0 aromatic heterocycles. The van der Waals surface area contributed by atoms with Gasteiger partial charge >= 0.3 is 0 Å². The number of nitro groups is 1. The molecule has 1 amide bonds. The zero-order valence-electron chi connectivity index (χ0n) is 20.2. The summed E-state index contributed by atoms with van der Waals surface area (Å²) in [6, 6.07) is 14.5. The number of ether oxygens (including phenoxy) is 1. The number of carbonyl (C=O) groups excluding carboxylic acids is 1. The van der Waals surface area contributed by atoms with Gasteiger partial charge in [0.15, 0.2) is 5.75 Å². The zero-order valence-corrected chi connectivity index (χ0v) is 21.8. The van der Waals surface area contributed by atoms with E-state index < -0.39 is 19.9 Å². The molecule has 0 fully saturated rings. The minimum Gasteiger partial charge on any atom is -0.494 e. The van der Waals surface area contributed by atoms with Gasteiger partial charge in [0, 0.05) is 41.1 Å². The van der Waals surface area contributed by atoms with Gasteiger partial charge in [-0.05, 0) is 56.3 Å². The number of hydrogen-bond donors (Lipinski definition) is 1. The van der Waals surface area contributed by atoms with Crippen LogP contribution in [0.1, 0.15) is 24.2 Å². The van der Waals surface area contributed by atoms with E-state index in [1.165, 1.54) is 49.6 Å². The lowest BCUT2D eigenvalue weighted by atomic mass is 10.2. The second-order valence-electron chi connectivity index (χ2n) is 7.61. The molecule has 0 unspecified atom stereocenters. The van der Waals surface area contributed by atoms with Crippen LogP contribution in [0.15, 0.2) is 75.8 Å². The lowest BCUT2D eigenvalue weighted by Crippen LogP contribution is -2.22. The molecule has 0 saturated heterocycles. The Bertz CT molecular complexity index is 1460. The smallest absolute Gasteiger partial charge is 0.273 e. The van der Waals surface area contributed by atoms with Crippen LogP contribution >= 0.6 is 10.7 Å². The average molecular weight is 546 g/mol. The molecule has 1 N–H and O–H groups in total. The molecule has 13 heteroatoms. The molecule has 0 aliphatic heterocycles. The number of non-ortho nitro benzene ring substituents is 1. The summed E-state index contributed by atoms with van der Waals surface area (Å²) in [5.41, 5.74) is 1.61. The van der Waals surface area contributed by atoms with E-state index in [1.807, 2.05) is 19.9 Å². The second-order valence-corrected chi connectivity index (χ2v) is 10.2. The summed E-state index contributed by atoms with van der Waals surface area (Å²) in [7, 11) is 2.76. The third kappa shape index (κ3) is 6.80. The monoisotopic (exact) mass is 545 g/mol. The Morgan fingerprint density at radius 2 is 1.73 bits per heavy atom.